The molecule has 0 bridgehead atoms. The number of carbonyl (C=O) groups excluding carboxylic acids is 2. The van der Waals surface area contributed by atoms with Crippen LogP contribution in [0.2, 0.25) is 0 Å². The Morgan fingerprint density at radius 2 is 1.72 bits per heavy atom. The van der Waals surface area contributed by atoms with Gasteiger partial charge in [-0.1, -0.05) is 20.8 Å². The molecule has 13 atom stereocenters. The molecule has 6 unspecified atom stereocenters. The number of aliphatic hydroxyl groups is 4. The maximum Gasteiger partial charge on any atom is 0.203 e. The summed E-state index contributed by atoms with van der Waals surface area (Å²) in [5.74, 6) is -1.24. The van der Waals surface area contributed by atoms with Gasteiger partial charge in [0.25, 0.3) is 0 Å². The van der Waals surface area contributed by atoms with Crippen LogP contribution < -0.4 is 0 Å². The minimum Gasteiger partial charge on any atom is -0.493 e. The molecule has 2 heterocycles. The molecule has 0 aromatic carbocycles. The maximum atomic E-state index is 14.1. The van der Waals surface area contributed by atoms with Gasteiger partial charge in [-0.15, -0.1) is 0 Å². The molecular formula is C28H40O11. The van der Waals surface area contributed by atoms with Gasteiger partial charge in [-0.25, -0.2) is 0 Å². The molecule has 11 heteroatoms. The minimum atomic E-state index is -1.58. The van der Waals surface area contributed by atoms with Gasteiger partial charge in [0.15, 0.2) is 24.1 Å². The van der Waals surface area contributed by atoms with Gasteiger partial charge in [-0.2, -0.15) is 0 Å². The van der Waals surface area contributed by atoms with Crippen molar-refractivity contribution in [3.63, 3.8) is 0 Å². The summed E-state index contributed by atoms with van der Waals surface area (Å²) in [5, 5.41) is 40.5. The molecule has 5 rings (SSSR count). The van der Waals surface area contributed by atoms with Crippen LogP contribution in [0.25, 0.3) is 0 Å². The average molecular weight is 553 g/mol. The van der Waals surface area contributed by atoms with Gasteiger partial charge in [-0.05, 0) is 42.7 Å². The van der Waals surface area contributed by atoms with Crippen molar-refractivity contribution in [2.45, 2.75) is 83.6 Å². The smallest absolute Gasteiger partial charge is 0.203 e. The zero-order chi connectivity index (χ0) is 28.6. The molecule has 39 heavy (non-hydrogen) atoms. The van der Waals surface area contributed by atoms with Crippen LogP contribution in [-0.2, 0) is 33.3 Å². The summed E-state index contributed by atoms with van der Waals surface area (Å²) < 4.78 is 29.2. The third-order valence-electron chi connectivity index (χ3n) is 10.3. The average Bonchev–Trinajstić information content (AvgIpc) is 2.90. The van der Waals surface area contributed by atoms with Gasteiger partial charge in [0.2, 0.25) is 11.6 Å². The van der Waals surface area contributed by atoms with Crippen molar-refractivity contribution in [3.8, 4) is 0 Å². The number of hydrogen-bond donors (Lipinski definition) is 4. The van der Waals surface area contributed by atoms with Crippen LogP contribution in [0, 0.1) is 34.5 Å². The van der Waals surface area contributed by atoms with Crippen molar-refractivity contribution in [1.82, 2.24) is 0 Å². The number of fused-ring (bicyclic) bond motifs is 2. The number of Topliss-reactive ketones (excluding diaryl/α,β-unsaturated/α-hetero) is 2. The molecule has 3 fully saturated rings. The Balaban J connectivity index is 1.55. The van der Waals surface area contributed by atoms with Gasteiger partial charge in [0.1, 0.15) is 24.4 Å². The molecule has 0 radical (unpaired) electrons. The van der Waals surface area contributed by atoms with Crippen LogP contribution >= 0.6 is 0 Å². The molecule has 0 aromatic rings. The number of hydrogen-bond acceptors (Lipinski definition) is 11. The van der Waals surface area contributed by atoms with Crippen molar-refractivity contribution in [1.29, 1.82) is 0 Å². The minimum absolute atomic E-state index is 0.0770. The monoisotopic (exact) mass is 552 g/mol. The van der Waals surface area contributed by atoms with Crippen LogP contribution in [0.3, 0.4) is 0 Å². The predicted molar refractivity (Wildman–Crippen MR) is 133 cm³/mol. The Hall–Kier alpha value is -1.86. The second kappa shape index (κ2) is 9.90. The summed E-state index contributed by atoms with van der Waals surface area (Å²) >= 11 is 0. The fourth-order valence-electron chi connectivity index (χ4n) is 8.37. The quantitative estimate of drug-likeness (QED) is 0.374. The van der Waals surface area contributed by atoms with Crippen LogP contribution in [0.1, 0.15) is 40.5 Å². The summed E-state index contributed by atoms with van der Waals surface area (Å²) in [4.78, 5) is 28.0. The summed E-state index contributed by atoms with van der Waals surface area (Å²) in [7, 11) is 2.92. The number of aliphatic hydroxyl groups excluding tert-OH is 4. The molecule has 4 N–H and O–H groups in total. The van der Waals surface area contributed by atoms with Gasteiger partial charge in [-0.3, -0.25) is 9.59 Å². The Bertz CT molecular complexity index is 1080. The van der Waals surface area contributed by atoms with Crippen molar-refractivity contribution >= 4 is 11.6 Å². The Labute approximate surface area is 227 Å². The number of carbonyl (C=O) groups is 2. The second-order valence-corrected chi connectivity index (χ2v) is 12.1. The lowest BCUT2D eigenvalue weighted by Gasteiger charge is -2.65. The first-order chi connectivity index (χ1) is 18.4. The SMILES string of the molecule is COC1=CC(C)C2C[C@H]3OC(O[C@@H]4O[C@H](CO)C(O)[C@H](O)C4O)C[C@H]4C(C)=C(OC)C(=O)C([C@@]2(C)C1=O)[C@@]34C. The van der Waals surface area contributed by atoms with Gasteiger partial charge < -0.3 is 44.1 Å². The van der Waals surface area contributed by atoms with Crippen LogP contribution in [-0.4, -0.2) is 95.9 Å². The van der Waals surface area contributed by atoms with E-state index in [2.05, 4.69) is 0 Å². The maximum absolute atomic E-state index is 14.1. The number of ether oxygens (including phenoxy) is 5. The van der Waals surface area contributed by atoms with E-state index in [9.17, 15) is 30.0 Å². The van der Waals surface area contributed by atoms with Crippen molar-refractivity contribution in [2.24, 2.45) is 34.5 Å². The molecule has 218 valence electrons. The first kappa shape index (κ1) is 28.7. The van der Waals surface area contributed by atoms with Crippen LogP contribution in [0.5, 0.6) is 0 Å². The zero-order valence-corrected chi connectivity index (χ0v) is 23.2. The third-order valence-corrected chi connectivity index (χ3v) is 10.3. The van der Waals surface area contributed by atoms with E-state index >= 15 is 0 Å². The predicted octanol–water partition coefficient (Wildman–Crippen LogP) is 0.435. The first-order valence-corrected chi connectivity index (χ1v) is 13.6. The molecule has 5 aliphatic rings. The summed E-state index contributed by atoms with van der Waals surface area (Å²) in [6.07, 6.45) is -5.98. The van der Waals surface area contributed by atoms with Crippen molar-refractivity contribution < 1.29 is 53.7 Å². The molecule has 1 saturated carbocycles. The molecule has 11 nitrogen and oxygen atoms in total. The zero-order valence-electron chi connectivity index (χ0n) is 23.2. The largest absolute Gasteiger partial charge is 0.493 e. The normalized spacial score (nSPS) is 49.7. The molecule has 0 amide bonds. The fourth-order valence-corrected chi connectivity index (χ4v) is 8.37. The standard InChI is InChI=1S/C28H40O11/c1-11-7-15(35-5)25(34)28(4)13(11)8-17-27(3)14(12(2)23(36-6)22(33)24(27)28)9-18(38-17)39-26-21(32)20(31)19(30)16(10-29)37-26/h7,11,13-14,16-21,24,26,29-32H,8-10H2,1-6H3/t11?,13?,14-,16+,17+,18?,19?,20-,21?,24?,26-,27+,28-/m0/s1. The van der Waals surface area contributed by atoms with E-state index in [4.69, 9.17) is 23.7 Å². The Morgan fingerprint density at radius 1 is 1.03 bits per heavy atom. The molecule has 0 aromatic heterocycles. The number of rotatable bonds is 5. The highest BCUT2D eigenvalue weighted by molar-refractivity contribution is 6.07. The molecule has 3 aliphatic carbocycles. The summed E-state index contributed by atoms with van der Waals surface area (Å²) in [6.45, 7) is 7.14. The second-order valence-electron chi connectivity index (χ2n) is 12.1. The van der Waals surface area contributed by atoms with E-state index in [1.165, 1.54) is 14.2 Å². The Kier molecular flexibility index (Phi) is 7.28. The van der Waals surface area contributed by atoms with E-state index in [-0.39, 0.29) is 47.3 Å². The molecule has 0 spiro atoms. The van der Waals surface area contributed by atoms with Gasteiger partial charge >= 0.3 is 0 Å². The summed E-state index contributed by atoms with van der Waals surface area (Å²) in [5.41, 5.74) is -1.08. The number of ketones is 2. The fraction of sp³-hybridized carbons (Fsp3) is 0.786. The summed E-state index contributed by atoms with van der Waals surface area (Å²) in [6, 6.07) is 0. The van der Waals surface area contributed by atoms with Crippen LogP contribution in [0.15, 0.2) is 23.2 Å². The van der Waals surface area contributed by atoms with Gasteiger partial charge in [0, 0.05) is 23.2 Å². The van der Waals surface area contributed by atoms with E-state index in [1.54, 1.807) is 0 Å². The highest BCUT2D eigenvalue weighted by Gasteiger charge is 2.71. The van der Waals surface area contributed by atoms with E-state index in [0.717, 1.165) is 5.57 Å². The lowest BCUT2D eigenvalue weighted by molar-refractivity contribution is -0.364. The van der Waals surface area contributed by atoms with E-state index in [0.29, 0.717) is 6.42 Å². The number of methoxy groups -OCH3 is 2. The Morgan fingerprint density at radius 3 is 2.33 bits per heavy atom. The van der Waals surface area contributed by atoms with E-state index < -0.39 is 66.5 Å². The third kappa shape index (κ3) is 3.88. The number of allylic oxidation sites excluding steroid dienone is 4. The highest BCUT2D eigenvalue weighted by Crippen LogP contribution is 2.67. The highest BCUT2D eigenvalue weighted by atomic mass is 16.8. The molecular weight excluding hydrogens is 512 g/mol. The lowest BCUT2D eigenvalue weighted by Crippen LogP contribution is -2.70. The van der Waals surface area contributed by atoms with Crippen molar-refractivity contribution in [3.05, 3.63) is 23.2 Å². The van der Waals surface area contributed by atoms with Gasteiger partial charge in [0.05, 0.1) is 26.9 Å². The lowest BCUT2D eigenvalue weighted by atomic mass is 9.40. The van der Waals surface area contributed by atoms with Crippen molar-refractivity contribution in [2.75, 3.05) is 20.8 Å². The first-order valence-electron chi connectivity index (χ1n) is 13.6. The molecule has 2 saturated heterocycles. The molecule has 2 aliphatic heterocycles. The van der Waals surface area contributed by atoms with Crippen LogP contribution in [0.4, 0.5) is 0 Å². The van der Waals surface area contributed by atoms with E-state index in [1.807, 2.05) is 33.8 Å². The topological polar surface area (TPSA) is 161 Å².